The van der Waals surface area contributed by atoms with Gasteiger partial charge in [0, 0.05) is 7.05 Å². The van der Waals surface area contributed by atoms with Crippen LogP contribution in [0.4, 0.5) is 0 Å². The Morgan fingerprint density at radius 3 is 2.50 bits per heavy atom. The van der Waals surface area contributed by atoms with Gasteiger partial charge in [-0.05, 0) is 49.0 Å². The van der Waals surface area contributed by atoms with Gasteiger partial charge in [-0.3, -0.25) is 5.43 Å². The summed E-state index contributed by atoms with van der Waals surface area (Å²) in [6.45, 7) is 3.00. The van der Waals surface area contributed by atoms with Crippen molar-refractivity contribution in [2.24, 2.45) is 5.10 Å². The third-order valence-corrected chi connectivity index (χ3v) is 3.40. The molecule has 0 fully saturated rings. The van der Waals surface area contributed by atoms with E-state index in [-0.39, 0.29) is 0 Å². The summed E-state index contributed by atoms with van der Waals surface area (Å²) in [4.78, 5) is 0. The van der Waals surface area contributed by atoms with Crippen molar-refractivity contribution in [2.45, 2.75) is 6.92 Å². The maximum absolute atomic E-state index is 5.70. The van der Waals surface area contributed by atoms with Crippen molar-refractivity contribution in [1.82, 2.24) is 10.7 Å². The van der Waals surface area contributed by atoms with Crippen LogP contribution >= 0.6 is 12.2 Å². The highest BCUT2D eigenvalue weighted by Crippen LogP contribution is 2.13. The molecule has 0 saturated heterocycles. The molecular formula is C18H21N3O2S. The monoisotopic (exact) mass is 343 g/mol. The van der Waals surface area contributed by atoms with Gasteiger partial charge >= 0.3 is 0 Å². The van der Waals surface area contributed by atoms with Crippen LogP contribution in [0.25, 0.3) is 0 Å². The fourth-order valence-electron chi connectivity index (χ4n) is 1.86. The summed E-state index contributed by atoms with van der Waals surface area (Å²) in [6, 6.07) is 15.6. The lowest BCUT2D eigenvalue weighted by atomic mass is 10.2. The third-order valence-electron chi connectivity index (χ3n) is 3.11. The molecule has 0 heterocycles. The molecular weight excluding hydrogens is 322 g/mol. The molecule has 0 aliphatic rings. The summed E-state index contributed by atoms with van der Waals surface area (Å²) >= 11 is 4.94. The SMILES string of the molecule is CNC(=S)N/N=C/c1cccc(OCCOc2ccc(C)cc2)c1. The van der Waals surface area contributed by atoms with E-state index in [4.69, 9.17) is 21.7 Å². The smallest absolute Gasteiger partial charge is 0.186 e. The van der Waals surface area contributed by atoms with Gasteiger partial charge in [0.05, 0.1) is 6.21 Å². The van der Waals surface area contributed by atoms with Gasteiger partial charge in [0.1, 0.15) is 24.7 Å². The van der Waals surface area contributed by atoms with Crippen molar-refractivity contribution in [1.29, 1.82) is 0 Å². The van der Waals surface area contributed by atoms with Crippen molar-refractivity contribution >= 4 is 23.5 Å². The van der Waals surface area contributed by atoms with Crippen LogP contribution < -0.4 is 20.2 Å². The molecule has 2 rings (SSSR count). The predicted molar refractivity (Wildman–Crippen MR) is 101 cm³/mol. The largest absolute Gasteiger partial charge is 0.490 e. The molecule has 0 aliphatic carbocycles. The Bertz CT molecular complexity index is 687. The number of benzene rings is 2. The molecule has 0 saturated carbocycles. The molecule has 5 nitrogen and oxygen atoms in total. The highest BCUT2D eigenvalue weighted by Gasteiger charge is 1.97. The van der Waals surface area contributed by atoms with Crippen LogP contribution in [0.15, 0.2) is 53.6 Å². The van der Waals surface area contributed by atoms with E-state index >= 15 is 0 Å². The average Bonchev–Trinajstić information content (AvgIpc) is 2.60. The number of aryl methyl sites for hydroxylation is 1. The van der Waals surface area contributed by atoms with E-state index in [2.05, 4.69) is 15.8 Å². The highest BCUT2D eigenvalue weighted by atomic mass is 32.1. The number of ether oxygens (including phenoxy) is 2. The summed E-state index contributed by atoms with van der Waals surface area (Å²) in [6.07, 6.45) is 1.68. The van der Waals surface area contributed by atoms with Crippen LogP contribution in [-0.2, 0) is 0 Å². The van der Waals surface area contributed by atoms with E-state index in [1.165, 1.54) is 5.56 Å². The second-order valence-corrected chi connectivity index (χ2v) is 5.44. The summed E-state index contributed by atoms with van der Waals surface area (Å²) in [7, 11) is 1.73. The van der Waals surface area contributed by atoms with Crippen LogP contribution in [0.3, 0.4) is 0 Å². The average molecular weight is 343 g/mol. The van der Waals surface area contributed by atoms with E-state index in [0.717, 1.165) is 17.1 Å². The maximum Gasteiger partial charge on any atom is 0.186 e. The van der Waals surface area contributed by atoms with Gasteiger partial charge in [-0.1, -0.05) is 29.8 Å². The second-order valence-electron chi connectivity index (χ2n) is 5.03. The Balaban J connectivity index is 1.77. The molecule has 0 radical (unpaired) electrons. The zero-order valence-corrected chi connectivity index (χ0v) is 14.6. The highest BCUT2D eigenvalue weighted by molar-refractivity contribution is 7.80. The van der Waals surface area contributed by atoms with Crippen LogP contribution in [0, 0.1) is 6.92 Å². The van der Waals surface area contributed by atoms with Crippen LogP contribution in [-0.4, -0.2) is 31.6 Å². The number of hydrazone groups is 1. The molecule has 2 aromatic carbocycles. The summed E-state index contributed by atoms with van der Waals surface area (Å²) < 4.78 is 11.3. The lowest BCUT2D eigenvalue weighted by Crippen LogP contribution is -2.28. The third kappa shape index (κ3) is 6.26. The molecule has 126 valence electrons. The number of nitrogens with zero attached hydrogens (tertiary/aromatic N) is 1. The van der Waals surface area contributed by atoms with Gasteiger partial charge in [0.2, 0.25) is 0 Å². The fraction of sp³-hybridized carbons (Fsp3) is 0.222. The number of nitrogens with one attached hydrogen (secondary N) is 2. The summed E-state index contributed by atoms with van der Waals surface area (Å²) in [5.74, 6) is 1.61. The molecule has 6 heteroatoms. The first-order valence-corrected chi connectivity index (χ1v) is 8.01. The zero-order chi connectivity index (χ0) is 17.2. The Morgan fingerprint density at radius 2 is 1.79 bits per heavy atom. The first-order chi connectivity index (χ1) is 11.7. The number of rotatable bonds is 7. The van der Waals surface area contributed by atoms with Crippen molar-refractivity contribution in [3.63, 3.8) is 0 Å². The van der Waals surface area contributed by atoms with Crippen LogP contribution in [0.2, 0.25) is 0 Å². The van der Waals surface area contributed by atoms with Gasteiger partial charge in [-0.15, -0.1) is 0 Å². The van der Waals surface area contributed by atoms with E-state index < -0.39 is 0 Å². The molecule has 0 aliphatic heterocycles. The molecule has 0 spiro atoms. The minimum absolute atomic E-state index is 0.465. The van der Waals surface area contributed by atoms with Crippen molar-refractivity contribution < 1.29 is 9.47 Å². The molecule has 0 unspecified atom stereocenters. The van der Waals surface area contributed by atoms with Gasteiger partial charge < -0.3 is 14.8 Å². The molecule has 0 amide bonds. The van der Waals surface area contributed by atoms with Crippen LogP contribution in [0.1, 0.15) is 11.1 Å². The van der Waals surface area contributed by atoms with Gasteiger partial charge in [0.25, 0.3) is 0 Å². The van der Waals surface area contributed by atoms with Crippen molar-refractivity contribution in [3.05, 3.63) is 59.7 Å². The lowest BCUT2D eigenvalue weighted by molar-refractivity contribution is 0.217. The molecule has 24 heavy (non-hydrogen) atoms. The van der Waals surface area contributed by atoms with E-state index in [1.54, 1.807) is 13.3 Å². The van der Waals surface area contributed by atoms with E-state index in [1.807, 2.05) is 55.5 Å². The molecule has 0 atom stereocenters. The second kappa shape index (κ2) is 9.52. The summed E-state index contributed by atoms with van der Waals surface area (Å²) in [5.41, 5.74) is 4.83. The predicted octanol–water partition coefficient (Wildman–Crippen LogP) is 2.88. The Labute approximate surface area is 147 Å². The molecule has 0 bridgehead atoms. The Hall–Kier alpha value is -2.60. The molecule has 0 aromatic heterocycles. The standard InChI is InChI=1S/C18H21N3O2S/c1-14-6-8-16(9-7-14)22-10-11-23-17-5-3-4-15(12-17)13-20-21-18(24)19-2/h3-9,12-13H,10-11H2,1-2H3,(H2,19,21,24)/b20-13+. The lowest BCUT2D eigenvalue weighted by Gasteiger charge is -2.09. The molecule has 2 N–H and O–H groups in total. The number of thiocarbonyl (C=S) groups is 1. The Kier molecular flexibility index (Phi) is 7.04. The topological polar surface area (TPSA) is 54.9 Å². The quantitative estimate of drug-likeness (QED) is 0.350. The zero-order valence-electron chi connectivity index (χ0n) is 13.8. The number of hydrogen-bond acceptors (Lipinski definition) is 4. The Morgan fingerprint density at radius 1 is 1.08 bits per heavy atom. The first-order valence-electron chi connectivity index (χ1n) is 7.60. The van der Waals surface area contributed by atoms with Crippen molar-refractivity contribution in [3.8, 4) is 11.5 Å². The minimum atomic E-state index is 0.465. The maximum atomic E-state index is 5.70. The van der Waals surface area contributed by atoms with Gasteiger partial charge in [-0.2, -0.15) is 5.10 Å². The minimum Gasteiger partial charge on any atom is -0.490 e. The first kappa shape index (κ1) is 17.7. The van der Waals surface area contributed by atoms with Crippen molar-refractivity contribution in [2.75, 3.05) is 20.3 Å². The van der Waals surface area contributed by atoms with E-state index in [9.17, 15) is 0 Å². The molecule has 2 aromatic rings. The van der Waals surface area contributed by atoms with Gasteiger partial charge in [0.15, 0.2) is 5.11 Å². The summed E-state index contributed by atoms with van der Waals surface area (Å²) in [5, 5.41) is 7.28. The van der Waals surface area contributed by atoms with E-state index in [0.29, 0.717) is 18.3 Å². The van der Waals surface area contributed by atoms with Gasteiger partial charge in [-0.25, -0.2) is 0 Å². The van der Waals surface area contributed by atoms with Crippen LogP contribution in [0.5, 0.6) is 11.5 Å². The fourth-order valence-corrected chi connectivity index (χ4v) is 1.91. The number of hydrogen-bond donors (Lipinski definition) is 2. The normalized spacial score (nSPS) is 10.4.